The van der Waals surface area contributed by atoms with Crippen LogP contribution in [-0.2, 0) is 17.1 Å². The van der Waals surface area contributed by atoms with Crippen LogP contribution in [0.5, 0.6) is 0 Å². The van der Waals surface area contributed by atoms with Gasteiger partial charge in [0.25, 0.3) is 5.91 Å². The van der Waals surface area contributed by atoms with Gasteiger partial charge >= 0.3 is 0 Å². The van der Waals surface area contributed by atoms with Gasteiger partial charge in [-0.2, -0.15) is 0 Å². The van der Waals surface area contributed by atoms with Crippen LogP contribution in [0.3, 0.4) is 0 Å². The van der Waals surface area contributed by atoms with E-state index in [-0.39, 0.29) is 16.6 Å². The molecule has 2 aromatic heterocycles. The minimum absolute atomic E-state index is 0.101. The number of H-pyrrole nitrogens is 1. The average molecular weight is 297 g/mol. The lowest BCUT2D eigenvalue weighted by Gasteiger charge is -2.11. The van der Waals surface area contributed by atoms with Crippen molar-refractivity contribution in [1.82, 2.24) is 19.9 Å². The Balaban J connectivity index is 2.20. The van der Waals surface area contributed by atoms with Gasteiger partial charge in [0.15, 0.2) is 0 Å². The Morgan fingerprint density at radius 2 is 2.25 bits per heavy atom. The molecule has 20 heavy (non-hydrogen) atoms. The van der Waals surface area contributed by atoms with Gasteiger partial charge in [-0.3, -0.25) is 4.79 Å². The average Bonchev–Trinajstić information content (AvgIpc) is 2.95. The monoisotopic (exact) mass is 297 g/mol. The van der Waals surface area contributed by atoms with E-state index < -0.39 is 15.9 Å². The molecule has 0 spiro atoms. The topological polar surface area (TPSA) is 123 Å². The summed E-state index contributed by atoms with van der Waals surface area (Å²) < 4.78 is 23.9. The van der Waals surface area contributed by atoms with Crippen LogP contribution in [0.1, 0.15) is 29.3 Å². The first-order valence-corrected chi connectivity index (χ1v) is 7.33. The van der Waals surface area contributed by atoms with E-state index in [4.69, 9.17) is 5.14 Å². The lowest BCUT2D eigenvalue weighted by molar-refractivity contribution is 0.0930. The summed E-state index contributed by atoms with van der Waals surface area (Å²) in [7, 11) is -2.26. The number of aromatic nitrogens is 3. The van der Waals surface area contributed by atoms with Gasteiger partial charge < -0.3 is 14.9 Å². The molecule has 2 heterocycles. The molecule has 2 aromatic rings. The van der Waals surface area contributed by atoms with E-state index in [2.05, 4.69) is 15.3 Å². The molecule has 108 valence electrons. The largest absolute Gasteiger partial charge is 0.347 e. The lowest BCUT2D eigenvalue weighted by Crippen LogP contribution is -2.28. The molecule has 0 radical (unpaired) electrons. The minimum atomic E-state index is -3.83. The van der Waals surface area contributed by atoms with E-state index in [0.29, 0.717) is 5.82 Å². The number of aromatic amines is 1. The highest BCUT2D eigenvalue weighted by Gasteiger charge is 2.19. The van der Waals surface area contributed by atoms with Gasteiger partial charge in [-0.15, -0.1) is 0 Å². The van der Waals surface area contributed by atoms with Gasteiger partial charge in [0.05, 0.1) is 6.04 Å². The summed E-state index contributed by atoms with van der Waals surface area (Å²) in [5.41, 5.74) is 0.201. The third-order valence-electron chi connectivity index (χ3n) is 2.82. The number of rotatable bonds is 4. The minimum Gasteiger partial charge on any atom is -0.347 e. The SMILES string of the molecule is CC(NC(=O)c1cc(S(N)(=O)=O)cn1C)c1ncc[nH]1. The molecule has 9 heteroatoms. The highest BCUT2D eigenvalue weighted by Crippen LogP contribution is 2.13. The number of nitrogens with two attached hydrogens (primary N) is 1. The molecular weight excluding hydrogens is 282 g/mol. The van der Waals surface area contributed by atoms with Crippen LogP contribution in [0, 0.1) is 0 Å². The maximum atomic E-state index is 12.1. The molecule has 0 aliphatic heterocycles. The van der Waals surface area contributed by atoms with Crippen molar-refractivity contribution in [2.75, 3.05) is 0 Å². The van der Waals surface area contributed by atoms with E-state index in [9.17, 15) is 13.2 Å². The summed E-state index contributed by atoms with van der Waals surface area (Å²) in [5, 5.41) is 7.74. The summed E-state index contributed by atoms with van der Waals surface area (Å²) in [5.74, 6) is 0.200. The molecule has 0 saturated carbocycles. The second-order valence-electron chi connectivity index (χ2n) is 4.39. The van der Waals surface area contributed by atoms with Crippen LogP contribution in [0.4, 0.5) is 0 Å². The second-order valence-corrected chi connectivity index (χ2v) is 5.95. The highest BCUT2D eigenvalue weighted by molar-refractivity contribution is 7.89. The quantitative estimate of drug-likeness (QED) is 0.728. The van der Waals surface area contributed by atoms with Crippen molar-refractivity contribution in [3.05, 3.63) is 36.2 Å². The van der Waals surface area contributed by atoms with Crippen molar-refractivity contribution in [3.63, 3.8) is 0 Å². The summed E-state index contributed by atoms with van der Waals surface area (Å²) in [6.45, 7) is 1.76. The van der Waals surface area contributed by atoms with Crippen molar-refractivity contribution >= 4 is 15.9 Å². The number of primary sulfonamides is 1. The molecular formula is C11H15N5O3S. The molecule has 8 nitrogen and oxygen atoms in total. The van der Waals surface area contributed by atoms with Crippen LogP contribution in [0.15, 0.2) is 29.6 Å². The molecule has 0 aliphatic rings. The third-order valence-corrected chi connectivity index (χ3v) is 3.70. The number of carbonyl (C=O) groups is 1. The van der Waals surface area contributed by atoms with E-state index in [1.54, 1.807) is 26.4 Å². The zero-order valence-electron chi connectivity index (χ0n) is 11.0. The maximum Gasteiger partial charge on any atom is 0.268 e. The molecule has 0 bridgehead atoms. The number of sulfonamides is 1. The Labute approximate surface area is 116 Å². The molecule has 0 saturated heterocycles. The first-order valence-electron chi connectivity index (χ1n) is 5.78. The predicted octanol–water partition coefficient (Wildman–Crippen LogP) is -0.113. The predicted molar refractivity (Wildman–Crippen MR) is 71.3 cm³/mol. The number of carbonyl (C=O) groups excluding carboxylic acids is 1. The van der Waals surface area contributed by atoms with Crippen LogP contribution in [-0.4, -0.2) is 28.9 Å². The van der Waals surface area contributed by atoms with Gasteiger partial charge in [0.2, 0.25) is 10.0 Å². The van der Waals surface area contributed by atoms with E-state index in [0.717, 1.165) is 0 Å². The van der Waals surface area contributed by atoms with Crippen molar-refractivity contribution in [1.29, 1.82) is 0 Å². The van der Waals surface area contributed by atoms with Gasteiger partial charge in [-0.1, -0.05) is 0 Å². The molecule has 1 unspecified atom stereocenters. The molecule has 1 atom stereocenters. The van der Waals surface area contributed by atoms with Crippen LogP contribution >= 0.6 is 0 Å². The fourth-order valence-electron chi connectivity index (χ4n) is 1.77. The smallest absolute Gasteiger partial charge is 0.268 e. The number of nitrogens with zero attached hydrogens (tertiary/aromatic N) is 2. The number of hydrogen-bond donors (Lipinski definition) is 3. The van der Waals surface area contributed by atoms with E-state index in [1.807, 2.05) is 0 Å². The molecule has 0 fully saturated rings. The maximum absolute atomic E-state index is 12.1. The zero-order chi connectivity index (χ0) is 14.9. The normalized spacial score (nSPS) is 13.2. The number of hydrogen-bond acceptors (Lipinski definition) is 4. The summed E-state index contributed by atoms with van der Waals surface area (Å²) in [6, 6.07) is 0.907. The van der Waals surface area contributed by atoms with Crippen LogP contribution in [0.2, 0.25) is 0 Å². The molecule has 2 rings (SSSR count). The standard InChI is InChI=1S/C11H15N5O3S/c1-7(10-13-3-4-14-10)15-11(17)9-5-8(6-16(9)2)20(12,18)19/h3-7H,1-2H3,(H,13,14)(H,15,17)(H2,12,18,19). The van der Waals surface area contributed by atoms with E-state index >= 15 is 0 Å². The number of aryl methyl sites for hydroxylation is 1. The van der Waals surface area contributed by atoms with Crippen LogP contribution < -0.4 is 10.5 Å². The Morgan fingerprint density at radius 1 is 1.55 bits per heavy atom. The van der Waals surface area contributed by atoms with Crippen molar-refractivity contribution in [2.24, 2.45) is 12.2 Å². The van der Waals surface area contributed by atoms with Crippen LogP contribution in [0.25, 0.3) is 0 Å². The molecule has 1 amide bonds. The summed E-state index contributed by atoms with van der Waals surface area (Å²) in [6.07, 6.45) is 4.53. The zero-order valence-corrected chi connectivity index (χ0v) is 11.8. The first kappa shape index (κ1) is 14.3. The van der Waals surface area contributed by atoms with E-state index in [1.165, 1.54) is 16.8 Å². The fraction of sp³-hybridized carbons (Fsp3) is 0.273. The second kappa shape index (κ2) is 5.10. The Morgan fingerprint density at radius 3 is 2.75 bits per heavy atom. The third kappa shape index (κ3) is 2.89. The van der Waals surface area contributed by atoms with Crippen molar-refractivity contribution in [3.8, 4) is 0 Å². The lowest BCUT2D eigenvalue weighted by atomic mass is 10.3. The van der Waals surface area contributed by atoms with Crippen molar-refractivity contribution < 1.29 is 13.2 Å². The van der Waals surface area contributed by atoms with Gasteiger partial charge in [-0.05, 0) is 13.0 Å². The fourth-order valence-corrected chi connectivity index (χ4v) is 2.35. The number of amides is 1. The molecule has 4 N–H and O–H groups in total. The summed E-state index contributed by atoms with van der Waals surface area (Å²) >= 11 is 0. The Kier molecular flexibility index (Phi) is 3.64. The number of imidazole rings is 1. The molecule has 0 aliphatic carbocycles. The number of nitrogens with one attached hydrogen (secondary N) is 2. The Bertz CT molecular complexity index is 717. The van der Waals surface area contributed by atoms with Gasteiger partial charge in [-0.25, -0.2) is 18.5 Å². The highest BCUT2D eigenvalue weighted by atomic mass is 32.2. The first-order chi connectivity index (χ1) is 9.29. The van der Waals surface area contributed by atoms with Gasteiger partial charge in [0.1, 0.15) is 16.4 Å². The Hall–Kier alpha value is -2.13. The molecule has 0 aromatic carbocycles. The van der Waals surface area contributed by atoms with Gasteiger partial charge in [0, 0.05) is 25.6 Å². The van der Waals surface area contributed by atoms with Crippen molar-refractivity contribution in [2.45, 2.75) is 17.9 Å². The summed E-state index contributed by atoms with van der Waals surface area (Å²) in [4.78, 5) is 18.9.